The summed E-state index contributed by atoms with van der Waals surface area (Å²) in [4.78, 5) is 2.71. The van der Waals surface area contributed by atoms with Gasteiger partial charge in [0.1, 0.15) is 11.5 Å². The van der Waals surface area contributed by atoms with Gasteiger partial charge in [0.2, 0.25) is 0 Å². The first-order chi connectivity index (χ1) is 8.28. The van der Waals surface area contributed by atoms with Crippen LogP contribution in [0.25, 0.3) is 10.4 Å². The average molecular weight is 225 g/mol. The molecule has 4 nitrogen and oxygen atoms in total. The molecule has 0 aliphatic carbocycles. The van der Waals surface area contributed by atoms with Gasteiger partial charge in [0.05, 0.1) is 0 Å². The molecular weight excluding hydrogens is 214 g/mol. The molecule has 0 bridgehead atoms. The Balaban J connectivity index is 2.13. The Hall–Kier alpha value is -2.45. The molecule has 84 valence electrons. The highest BCUT2D eigenvalue weighted by atomic mass is 16.5. The van der Waals surface area contributed by atoms with Crippen molar-refractivity contribution in [2.24, 2.45) is 5.11 Å². The van der Waals surface area contributed by atoms with Gasteiger partial charge in [-0.15, -0.1) is 0 Å². The number of nitrogens with zero attached hydrogens (tertiary/aromatic N) is 3. The van der Waals surface area contributed by atoms with E-state index in [0.717, 1.165) is 5.75 Å². The Labute approximate surface area is 99.1 Å². The third-order valence-corrected chi connectivity index (χ3v) is 2.25. The van der Waals surface area contributed by atoms with E-state index in [2.05, 4.69) is 10.0 Å². The molecule has 0 aliphatic heterocycles. The molecule has 0 N–H and O–H groups in total. The zero-order valence-electron chi connectivity index (χ0n) is 9.37. The predicted octanol–water partition coefficient (Wildman–Crippen LogP) is 4.73. The summed E-state index contributed by atoms with van der Waals surface area (Å²) in [6.07, 6.45) is 0. The quantitative estimate of drug-likeness (QED) is 0.423. The highest BCUT2D eigenvalue weighted by Gasteiger charge is 1.96. The monoisotopic (exact) mass is 225 g/mol. The molecule has 0 saturated carbocycles. The number of aryl methyl sites for hydroxylation is 1. The van der Waals surface area contributed by atoms with E-state index in [1.165, 1.54) is 5.56 Å². The summed E-state index contributed by atoms with van der Waals surface area (Å²) < 4.78 is 5.63. The summed E-state index contributed by atoms with van der Waals surface area (Å²) >= 11 is 0. The third kappa shape index (κ3) is 3.00. The standard InChI is InChI=1S/C13H11N3O/c1-10-2-6-12(7-3-10)17-13-8-4-11(5-9-13)15-16-14/h2-9H,1H3. The van der Waals surface area contributed by atoms with Gasteiger partial charge in [-0.3, -0.25) is 0 Å². The van der Waals surface area contributed by atoms with Crippen molar-refractivity contribution in [2.75, 3.05) is 0 Å². The van der Waals surface area contributed by atoms with Crippen molar-refractivity contribution in [1.82, 2.24) is 0 Å². The van der Waals surface area contributed by atoms with Crippen molar-refractivity contribution in [3.8, 4) is 11.5 Å². The van der Waals surface area contributed by atoms with Gasteiger partial charge < -0.3 is 4.74 Å². The van der Waals surface area contributed by atoms with E-state index in [4.69, 9.17) is 10.3 Å². The molecule has 17 heavy (non-hydrogen) atoms. The minimum Gasteiger partial charge on any atom is -0.457 e. The highest BCUT2D eigenvalue weighted by Crippen LogP contribution is 2.24. The van der Waals surface area contributed by atoms with Gasteiger partial charge in [0, 0.05) is 10.6 Å². The first-order valence-corrected chi connectivity index (χ1v) is 5.17. The smallest absolute Gasteiger partial charge is 0.127 e. The van der Waals surface area contributed by atoms with Crippen LogP contribution >= 0.6 is 0 Å². The fraction of sp³-hybridized carbons (Fsp3) is 0.0769. The molecule has 2 aromatic carbocycles. The SMILES string of the molecule is Cc1ccc(Oc2ccc(N=[N+]=[N-])cc2)cc1. The van der Waals surface area contributed by atoms with E-state index in [1.807, 2.05) is 31.2 Å². The molecule has 0 atom stereocenters. The second-order valence-corrected chi connectivity index (χ2v) is 3.60. The van der Waals surface area contributed by atoms with Crippen molar-refractivity contribution in [1.29, 1.82) is 0 Å². The van der Waals surface area contributed by atoms with Gasteiger partial charge in [-0.25, -0.2) is 0 Å². The minimum atomic E-state index is 0.573. The lowest BCUT2D eigenvalue weighted by Crippen LogP contribution is -1.83. The Kier molecular flexibility index (Phi) is 3.28. The average Bonchev–Trinajstić information content (AvgIpc) is 2.35. The van der Waals surface area contributed by atoms with E-state index in [1.54, 1.807) is 24.3 Å². The zero-order chi connectivity index (χ0) is 12.1. The van der Waals surface area contributed by atoms with E-state index in [-0.39, 0.29) is 0 Å². The molecule has 0 radical (unpaired) electrons. The molecule has 0 aromatic heterocycles. The number of rotatable bonds is 3. The van der Waals surface area contributed by atoms with E-state index in [9.17, 15) is 0 Å². The molecule has 2 aromatic rings. The second-order valence-electron chi connectivity index (χ2n) is 3.60. The lowest BCUT2D eigenvalue weighted by molar-refractivity contribution is 0.482. The van der Waals surface area contributed by atoms with Crippen LogP contribution in [0.15, 0.2) is 53.6 Å². The fourth-order valence-electron chi connectivity index (χ4n) is 1.37. The van der Waals surface area contributed by atoms with Gasteiger partial charge >= 0.3 is 0 Å². The van der Waals surface area contributed by atoms with Crippen LogP contribution in [-0.2, 0) is 0 Å². The van der Waals surface area contributed by atoms with E-state index >= 15 is 0 Å². The van der Waals surface area contributed by atoms with E-state index in [0.29, 0.717) is 11.4 Å². The molecular formula is C13H11N3O. The van der Waals surface area contributed by atoms with Crippen molar-refractivity contribution >= 4 is 5.69 Å². The molecule has 0 saturated heterocycles. The Morgan fingerprint density at radius 2 is 1.47 bits per heavy atom. The normalized spacial score (nSPS) is 9.47. The van der Waals surface area contributed by atoms with Gasteiger partial charge in [0.15, 0.2) is 0 Å². The summed E-state index contributed by atoms with van der Waals surface area (Å²) in [7, 11) is 0. The minimum absolute atomic E-state index is 0.573. The summed E-state index contributed by atoms with van der Waals surface area (Å²) in [6.45, 7) is 2.03. The Bertz CT molecular complexity index is 540. The lowest BCUT2D eigenvalue weighted by atomic mass is 10.2. The summed E-state index contributed by atoms with van der Waals surface area (Å²) in [5.74, 6) is 1.50. The van der Waals surface area contributed by atoms with Crippen molar-refractivity contribution in [3.05, 3.63) is 64.5 Å². The molecule has 0 heterocycles. The van der Waals surface area contributed by atoms with Gasteiger partial charge in [-0.2, -0.15) is 0 Å². The Morgan fingerprint density at radius 1 is 0.941 bits per heavy atom. The Morgan fingerprint density at radius 3 is 2.00 bits per heavy atom. The van der Waals surface area contributed by atoms with E-state index < -0.39 is 0 Å². The number of benzene rings is 2. The van der Waals surface area contributed by atoms with Crippen LogP contribution in [-0.4, -0.2) is 0 Å². The maximum absolute atomic E-state index is 8.28. The second kappa shape index (κ2) is 5.05. The largest absolute Gasteiger partial charge is 0.457 e. The van der Waals surface area contributed by atoms with Crippen molar-refractivity contribution < 1.29 is 4.74 Å². The first kappa shape index (κ1) is 11.0. The highest BCUT2D eigenvalue weighted by molar-refractivity contribution is 5.42. The van der Waals surface area contributed by atoms with Gasteiger partial charge in [-0.1, -0.05) is 22.8 Å². The molecule has 0 amide bonds. The molecule has 2 rings (SSSR count). The van der Waals surface area contributed by atoms with Crippen LogP contribution in [0.5, 0.6) is 11.5 Å². The van der Waals surface area contributed by atoms with Crippen LogP contribution in [0.4, 0.5) is 5.69 Å². The number of hydrogen-bond donors (Lipinski definition) is 0. The summed E-state index contributed by atoms with van der Waals surface area (Å²) in [5, 5.41) is 3.49. The van der Waals surface area contributed by atoms with Gasteiger partial charge in [0.25, 0.3) is 0 Å². The predicted molar refractivity (Wildman–Crippen MR) is 66.5 cm³/mol. The van der Waals surface area contributed by atoms with Crippen LogP contribution in [0.1, 0.15) is 5.56 Å². The molecule has 0 fully saturated rings. The fourth-order valence-corrected chi connectivity index (χ4v) is 1.37. The maximum atomic E-state index is 8.28. The van der Waals surface area contributed by atoms with Crippen molar-refractivity contribution in [2.45, 2.75) is 6.92 Å². The van der Waals surface area contributed by atoms with Crippen molar-refractivity contribution in [3.63, 3.8) is 0 Å². The number of hydrogen-bond acceptors (Lipinski definition) is 2. The van der Waals surface area contributed by atoms with Gasteiger partial charge in [-0.05, 0) is 48.9 Å². The third-order valence-electron chi connectivity index (χ3n) is 2.25. The zero-order valence-corrected chi connectivity index (χ0v) is 9.37. The first-order valence-electron chi connectivity index (χ1n) is 5.17. The summed E-state index contributed by atoms with van der Waals surface area (Å²) in [5.41, 5.74) is 10.0. The maximum Gasteiger partial charge on any atom is 0.127 e. The van der Waals surface area contributed by atoms with Crippen LogP contribution < -0.4 is 4.74 Å². The molecule has 0 unspecified atom stereocenters. The molecule has 4 heteroatoms. The van der Waals surface area contributed by atoms with Crippen LogP contribution in [0.2, 0.25) is 0 Å². The molecule has 0 spiro atoms. The lowest BCUT2D eigenvalue weighted by Gasteiger charge is -2.05. The topological polar surface area (TPSA) is 58.0 Å². The van der Waals surface area contributed by atoms with Crippen LogP contribution in [0, 0.1) is 6.92 Å². The number of azide groups is 1. The molecule has 0 aliphatic rings. The number of ether oxygens (including phenoxy) is 1. The summed E-state index contributed by atoms with van der Waals surface area (Å²) in [6, 6.07) is 14.8. The van der Waals surface area contributed by atoms with Crippen LogP contribution in [0.3, 0.4) is 0 Å².